The minimum absolute atomic E-state index is 0.104. The van der Waals surface area contributed by atoms with Crippen LogP contribution in [-0.4, -0.2) is 29.2 Å². The summed E-state index contributed by atoms with van der Waals surface area (Å²) in [6, 6.07) is 7.95. The van der Waals surface area contributed by atoms with Crippen LogP contribution < -0.4 is 0 Å². The summed E-state index contributed by atoms with van der Waals surface area (Å²) < 4.78 is 0. The summed E-state index contributed by atoms with van der Waals surface area (Å²) in [6.45, 7) is 2.82. The van der Waals surface area contributed by atoms with Gasteiger partial charge in [0.1, 0.15) is 0 Å². The molecule has 0 aliphatic carbocycles. The number of aliphatic hydroxyl groups is 1. The van der Waals surface area contributed by atoms with Gasteiger partial charge in [0.25, 0.3) is 0 Å². The van der Waals surface area contributed by atoms with E-state index in [2.05, 4.69) is 11.0 Å². The molecule has 0 bridgehead atoms. The zero-order valence-corrected chi connectivity index (χ0v) is 9.45. The molecular formula is C12H16ClNO. The zero-order chi connectivity index (χ0) is 10.7. The van der Waals surface area contributed by atoms with Gasteiger partial charge in [-0.1, -0.05) is 29.8 Å². The van der Waals surface area contributed by atoms with Gasteiger partial charge in [0.15, 0.2) is 0 Å². The van der Waals surface area contributed by atoms with E-state index in [4.69, 9.17) is 11.6 Å². The Labute approximate surface area is 95.5 Å². The Morgan fingerprint density at radius 3 is 2.60 bits per heavy atom. The lowest BCUT2D eigenvalue weighted by molar-refractivity contribution is 0.0792. The molecule has 2 nitrogen and oxygen atoms in total. The van der Waals surface area contributed by atoms with Gasteiger partial charge in [0, 0.05) is 24.7 Å². The molecule has 0 radical (unpaired) electrons. The Balaban J connectivity index is 1.95. The van der Waals surface area contributed by atoms with E-state index in [9.17, 15) is 5.11 Å². The highest BCUT2D eigenvalue weighted by Crippen LogP contribution is 2.19. The van der Waals surface area contributed by atoms with Gasteiger partial charge in [-0.3, -0.25) is 4.90 Å². The van der Waals surface area contributed by atoms with Crippen LogP contribution in [0.4, 0.5) is 0 Å². The summed E-state index contributed by atoms with van der Waals surface area (Å²) >= 11 is 6.10. The van der Waals surface area contributed by atoms with Crippen LogP contribution in [0.25, 0.3) is 0 Å². The zero-order valence-electron chi connectivity index (χ0n) is 8.69. The van der Waals surface area contributed by atoms with Crippen molar-refractivity contribution in [1.29, 1.82) is 0 Å². The van der Waals surface area contributed by atoms with E-state index >= 15 is 0 Å². The molecule has 1 saturated heterocycles. The molecule has 0 atom stereocenters. The molecule has 1 aromatic carbocycles. The first-order valence-electron chi connectivity index (χ1n) is 5.39. The van der Waals surface area contributed by atoms with Gasteiger partial charge < -0.3 is 5.11 Å². The quantitative estimate of drug-likeness (QED) is 0.835. The predicted molar refractivity (Wildman–Crippen MR) is 62.0 cm³/mol. The molecule has 2 rings (SSSR count). The van der Waals surface area contributed by atoms with Crippen molar-refractivity contribution in [3.63, 3.8) is 0 Å². The van der Waals surface area contributed by atoms with E-state index < -0.39 is 0 Å². The number of rotatable bonds is 2. The van der Waals surface area contributed by atoms with E-state index in [1.54, 1.807) is 0 Å². The third kappa shape index (κ3) is 2.94. The minimum Gasteiger partial charge on any atom is -0.393 e. The Bertz CT molecular complexity index is 321. The third-order valence-corrected chi connectivity index (χ3v) is 3.28. The third-order valence-electron chi connectivity index (χ3n) is 2.91. The first kappa shape index (κ1) is 10.9. The minimum atomic E-state index is -0.104. The molecule has 0 unspecified atom stereocenters. The van der Waals surface area contributed by atoms with Gasteiger partial charge in [-0.15, -0.1) is 0 Å². The molecule has 0 aromatic heterocycles. The van der Waals surface area contributed by atoms with Crippen molar-refractivity contribution in [3.8, 4) is 0 Å². The molecule has 0 amide bonds. The highest BCUT2D eigenvalue weighted by atomic mass is 35.5. The molecule has 1 aliphatic rings. The smallest absolute Gasteiger partial charge is 0.0564 e. The number of nitrogens with zero attached hydrogens (tertiary/aromatic N) is 1. The summed E-state index contributed by atoms with van der Waals surface area (Å²) in [6.07, 6.45) is 1.65. The fourth-order valence-electron chi connectivity index (χ4n) is 1.94. The number of hydrogen-bond donors (Lipinski definition) is 1. The Hall–Kier alpha value is -0.570. The molecule has 1 N–H and O–H groups in total. The first-order valence-corrected chi connectivity index (χ1v) is 5.77. The molecule has 1 fully saturated rings. The van der Waals surface area contributed by atoms with Crippen LogP contribution in [0.2, 0.25) is 5.02 Å². The summed E-state index contributed by atoms with van der Waals surface area (Å²) in [5.74, 6) is 0. The van der Waals surface area contributed by atoms with Crippen LogP contribution in [0, 0.1) is 0 Å². The van der Waals surface area contributed by atoms with Gasteiger partial charge in [-0.25, -0.2) is 0 Å². The van der Waals surface area contributed by atoms with E-state index in [1.165, 1.54) is 5.56 Å². The number of halogens is 1. The van der Waals surface area contributed by atoms with E-state index in [0.29, 0.717) is 0 Å². The van der Waals surface area contributed by atoms with Crippen molar-refractivity contribution in [2.75, 3.05) is 13.1 Å². The maximum absolute atomic E-state index is 9.39. The average molecular weight is 226 g/mol. The molecule has 1 heterocycles. The van der Waals surface area contributed by atoms with Crippen molar-refractivity contribution in [1.82, 2.24) is 4.90 Å². The number of likely N-dealkylation sites (tertiary alicyclic amines) is 1. The maximum Gasteiger partial charge on any atom is 0.0564 e. The van der Waals surface area contributed by atoms with Crippen LogP contribution in [-0.2, 0) is 6.54 Å². The Kier molecular flexibility index (Phi) is 3.62. The fourth-order valence-corrected chi connectivity index (χ4v) is 2.14. The highest BCUT2D eigenvalue weighted by molar-refractivity contribution is 6.31. The number of aliphatic hydroxyl groups excluding tert-OH is 1. The lowest BCUT2D eigenvalue weighted by Gasteiger charge is -2.29. The molecule has 0 spiro atoms. The van der Waals surface area contributed by atoms with Gasteiger partial charge in [-0.2, -0.15) is 0 Å². The second kappa shape index (κ2) is 4.97. The van der Waals surface area contributed by atoms with E-state index in [0.717, 1.165) is 37.5 Å². The molecule has 3 heteroatoms. The molecule has 82 valence electrons. The molecule has 0 saturated carbocycles. The van der Waals surface area contributed by atoms with Crippen molar-refractivity contribution >= 4 is 11.6 Å². The summed E-state index contributed by atoms with van der Waals surface area (Å²) in [5, 5.41) is 10.2. The van der Waals surface area contributed by atoms with Crippen molar-refractivity contribution in [2.24, 2.45) is 0 Å². The van der Waals surface area contributed by atoms with Crippen molar-refractivity contribution in [2.45, 2.75) is 25.5 Å². The second-order valence-corrected chi connectivity index (χ2v) is 4.51. The van der Waals surface area contributed by atoms with Crippen LogP contribution >= 0.6 is 11.6 Å². The standard InChI is InChI=1S/C12H16ClNO/c13-12-4-2-1-3-10(12)9-14-7-5-11(15)6-8-14/h1-4,11,15H,5-9H2. The number of benzene rings is 1. The van der Waals surface area contributed by atoms with Crippen LogP contribution in [0.15, 0.2) is 24.3 Å². The highest BCUT2D eigenvalue weighted by Gasteiger charge is 2.17. The van der Waals surface area contributed by atoms with Crippen LogP contribution in [0.1, 0.15) is 18.4 Å². The largest absolute Gasteiger partial charge is 0.393 e. The molecule has 15 heavy (non-hydrogen) atoms. The normalized spacial score (nSPS) is 19.3. The van der Waals surface area contributed by atoms with Gasteiger partial charge >= 0.3 is 0 Å². The average Bonchev–Trinajstić information content (AvgIpc) is 2.25. The van der Waals surface area contributed by atoms with Crippen LogP contribution in [0.3, 0.4) is 0 Å². The van der Waals surface area contributed by atoms with E-state index in [1.807, 2.05) is 18.2 Å². The maximum atomic E-state index is 9.39. The predicted octanol–water partition coefficient (Wildman–Crippen LogP) is 2.30. The monoisotopic (exact) mass is 225 g/mol. The van der Waals surface area contributed by atoms with Gasteiger partial charge in [-0.05, 0) is 24.5 Å². The Morgan fingerprint density at radius 2 is 1.93 bits per heavy atom. The fraction of sp³-hybridized carbons (Fsp3) is 0.500. The lowest BCUT2D eigenvalue weighted by Crippen LogP contribution is -2.35. The second-order valence-electron chi connectivity index (χ2n) is 4.10. The SMILES string of the molecule is OC1CCN(Cc2ccccc2Cl)CC1. The summed E-state index contributed by atoms with van der Waals surface area (Å²) in [7, 11) is 0. The number of hydrogen-bond acceptors (Lipinski definition) is 2. The summed E-state index contributed by atoms with van der Waals surface area (Å²) in [4.78, 5) is 2.34. The molecular weight excluding hydrogens is 210 g/mol. The van der Waals surface area contributed by atoms with E-state index in [-0.39, 0.29) is 6.10 Å². The van der Waals surface area contributed by atoms with Gasteiger partial charge in [0.2, 0.25) is 0 Å². The molecule has 1 aromatic rings. The van der Waals surface area contributed by atoms with Gasteiger partial charge in [0.05, 0.1) is 6.10 Å². The van der Waals surface area contributed by atoms with Crippen molar-refractivity contribution in [3.05, 3.63) is 34.9 Å². The van der Waals surface area contributed by atoms with Crippen molar-refractivity contribution < 1.29 is 5.11 Å². The van der Waals surface area contributed by atoms with Crippen LogP contribution in [0.5, 0.6) is 0 Å². The Morgan fingerprint density at radius 1 is 1.27 bits per heavy atom. The summed E-state index contributed by atoms with van der Waals surface area (Å²) in [5.41, 5.74) is 1.18. The number of piperidine rings is 1. The lowest BCUT2D eigenvalue weighted by atomic mass is 10.1. The molecule has 1 aliphatic heterocycles. The first-order chi connectivity index (χ1) is 7.25. The topological polar surface area (TPSA) is 23.5 Å².